The Morgan fingerprint density at radius 1 is 1.13 bits per heavy atom. The van der Waals surface area contributed by atoms with Crippen molar-refractivity contribution in [3.05, 3.63) is 0 Å². The van der Waals surface area contributed by atoms with Gasteiger partial charge in [-0.15, -0.1) is 0 Å². The molecule has 1 saturated heterocycles. The van der Waals surface area contributed by atoms with Gasteiger partial charge in [0, 0.05) is 0 Å². The van der Waals surface area contributed by atoms with Crippen molar-refractivity contribution in [3.63, 3.8) is 0 Å². The molecule has 2 aliphatic rings. The van der Waals surface area contributed by atoms with Gasteiger partial charge in [-0.05, 0) is 40.0 Å². The Balaban J connectivity index is 0.000000235. The molecular weight excluding hydrogens is 304 g/mol. The van der Waals surface area contributed by atoms with Crippen molar-refractivity contribution in [2.45, 2.75) is 70.6 Å². The molecule has 0 amide bonds. The molecule has 0 aromatic heterocycles. The normalized spacial score (nSPS) is 29.5. The molecule has 23 heavy (non-hydrogen) atoms. The minimum absolute atomic E-state index is 0.0170. The third-order valence-corrected chi connectivity index (χ3v) is 3.85. The van der Waals surface area contributed by atoms with Crippen molar-refractivity contribution in [1.82, 2.24) is 0 Å². The first-order chi connectivity index (χ1) is 10.8. The topological polar surface area (TPSA) is 109 Å². The molecular formula is C16H30O7. The average Bonchev–Trinajstić information content (AvgIpc) is 3.29. The van der Waals surface area contributed by atoms with E-state index < -0.39 is 12.1 Å². The molecule has 0 aromatic carbocycles. The van der Waals surface area contributed by atoms with E-state index in [0.717, 1.165) is 19.3 Å². The third-order valence-electron chi connectivity index (χ3n) is 3.85. The van der Waals surface area contributed by atoms with Crippen molar-refractivity contribution < 1.29 is 34.3 Å². The number of ether oxygens (including phenoxy) is 3. The van der Waals surface area contributed by atoms with E-state index >= 15 is 0 Å². The predicted octanol–water partition coefficient (Wildman–Crippen LogP) is 0.808. The van der Waals surface area contributed by atoms with E-state index in [1.54, 1.807) is 13.8 Å². The van der Waals surface area contributed by atoms with E-state index in [-0.39, 0.29) is 30.8 Å². The van der Waals surface area contributed by atoms with Crippen molar-refractivity contribution in [3.8, 4) is 0 Å². The Hall–Kier alpha value is -0.730. The highest BCUT2D eigenvalue weighted by Crippen LogP contribution is 2.39. The Morgan fingerprint density at radius 2 is 1.78 bits per heavy atom. The van der Waals surface area contributed by atoms with Gasteiger partial charge in [0.25, 0.3) is 0 Å². The summed E-state index contributed by atoms with van der Waals surface area (Å²) in [5.74, 6) is -0.794. The number of fused-ring (bicyclic) bond motifs is 1. The Kier molecular flexibility index (Phi) is 9.01. The van der Waals surface area contributed by atoms with Crippen LogP contribution in [-0.2, 0) is 19.0 Å². The van der Waals surface area contributed by atoms with Crippen LogP contribution in [0.15, 0.2) is 0 Å². The number of epoxide rings is 1. The van der Waals surface area contributed by atoms with Gasteiger partial charge in [0.05, 0.1) is 56.3 Å². The second-order valence-electron chi connectivity index (χ2n) is 6.38. The zero-order valence-electron chi connectivity index (χ0n) is 14.2. The van der Waals surface area contributed by atoms with Crippen LogP contribution in [-0.4, -0.2) is 71.6 Å². The lowest BCUT2D eigenvalue weighted by Gasteiger charge is -2.16. The molecule has 3 N–H and O–H groups in total. The van der Waals surface area contributed by atoms with E-state index in [4.69, 9.17) is 29.5 Å². The molecule has 1 heterocycles. The molecule has 1 aliphatic carbocycles. The molecule has 136 valence electrons. The molecule has 0 radical (unpaired) electrons. The highest BCUT2D eigenvalue weighted by Gasteiger charge is 2.45. The third kappa shape index (κ3) is 8.62. The van der Waals surface area contributed by atoms with E-state index in [2.05, 4.69) is 0 Å². The number of aliphatic carboxylic acids is 1. The second kappa shape index (κ2) is 10.2. The van der Waals surface area contributed by atoms with Gasteiger partial charge in [0.15, 0.2) is 0 Å². The number of aliphatic hydroxyl groups is 2. The van der Waals surface area contributed by atoms with Crippen LogP contribution in [0.2, 0.25) is 0 Å². The minimum Gasteiger partial charge on any atom is -0.481 e. The van der Waals surface area contributed by atoms with Crippen LogP contribution >= 0.6 is 0 Å². The summed E-state index contributed by atoms with van der Waals surface area (Å²) in [6, 6.07) is 0. The summed E-state index contributed by atoms with van der Waals surface area (Å²) in [5.41, 5.74) is 0. The molecule has 6 unspecified atom stereocenters. The number of aliphatic hydroxyl groups excluding tert-OH is 2. The van der Waals surface area contributed by atoms with Crippen molar-refractivity contribution >= 4 is 5.97 Å². The number of rotatable bonds is 8. The number of hydrogen-bond acceptors (Lipinski definition) is 6. The van der Waals surface area contributed by atoms with Gasteiger partial charge >= 0.3 is 5.97 Å². The summed E-state index contributed by atoms with van der Waals surface area (Å²) in [6.45, 7) is 6.10. The average molecular weight is 334 g/mol. The van der Waals surface area contributed by atoms with Gasteiger partial charge < -0.3 is 29.5 Å². The van der Waals surface area contributed by atoms with Crippen LogP contribution in [0.25, 0.3) is 0 Å². The zero-order valence-corrected chi connectivity index (χ0v) is 14.2. The lowest BCUT2D eigenvalue weighted by molar-refractivity contribution is -0.142. The summed E-state index contributed by atoms with van der Waals surface area (Å²) in [4.78, 5) is 10.5. The largest absolute Gasteiger partial charge is 0.481 e. The summed E-state index contributed by atoms with van der Waals surface area (Å²) >= 11 is 0. The fourth-order valence-corrected chi connectivity index (χ4v) is 2.33. The second-order valence-corrected chi connectivity index (χ2v) is 6.38. The fourth-order valence-electron chi connectivity index (χ4n) is 2.33. The highest BCUT2D eigenvalue weighted by atomic mass is 16.6. The molecule has 6 atom stereocenters. The summed E-state index contributed by atoms with van der Waals surface area (Å²) in [5, 5.41) is 26.2. The molecule has 7 heteroatoms. The van der Waals surface area contributed by atoms with Gasteiger partial charge in [-0.1, -0.05) is 0 Å². The first-order valence-electron chi connectivity index (χ1n) is 8.23. The molecule has 1 saturated carbocycles. The van der Waals surface area contributed by atoms with Crippen LogP contribution in [0.3, 0.4) is 0 Å². The van der Waals surface area contributed by atoms with Gasteiger partial charge in [-0.3, -0.25) is 4.79 Å². The van der Waals surface area contributed by atoms with E-state index in [1.807, 2.05) is 6.92 Å². The Morgan fingerprint density at radius 3 is 2.30 bits per heavy atom. The molecule has 0 aromatic rings. The fraction of sp³-hybridized carbons (Fsp3) is 0.938. The first kappa shape index (κ1) is 20.3. The summed E-state index contributed by atoms with van der Waals surface area (Å²) in [6.07, 6.45) is 2.53. The summed E-state index contributed by atoms with van der Waals surface area (Å²) in [7, 11) is 0. The number of carboxylic acids is 1. The van der Waals surface area contributed by atoms with Gasteiger partial charge in [-0.2, -0.15) is 0 Å². The van der Waals surface area contributed by atoms with E-state index in [0.29, 0.717) is 19.3 Å². The quantitative estimate of drug-likeness (QED) is 0.564. The molecule has 2 rings (SSSR count). The predicted molar refractivity (Wildman–Crippen MR) is 83.2 cm³/mol. The van der Waals surface area contributed by atoms with Crippen molar-refractivity contribution in [1.29, 1.82) is 0 Å². The monoisotopic (exact) mass is 334 g/mol. The van der Waals surface area contributed by atoms with E-state index in [9.17, 15) is 4.79 Å². The Bertz CT molecular complexity index is 347. The molecule has 2 fully saturated rings. The van der Waals surface area contributed by atoms with Crippen molar-refractivity contribution in [2.75, 3.05) is 19.8 Å². The molecule has 1 aliphatic heterocycles. The maximum absolute atomic E-state index is 10.5. The van der Waals surface area contributed by atoms with Crippen LogP contribution < -0.4 is 0 Å². The van der Waals surface area contributed by atoms with Crippen LogP contribution in [0.1, 0.15) is 40.0 Å². The smallest absolute Gasteiger partial charge is 0.306 e. The number of carboxylic acid groups (broad SMARTS) is 1. The maximum Gasteiger partial charge on any atom is 0.306 e. The van der Waals surface area contributed by atoms with Crippen LogP contribution in [0.4, 0.5) is 0 Å². The molecule has 7 nitrogen and oxygen atoms in total. The van der Waals surface area contributed by atoms with Gasteiger partial charge in [0.1, 0.15) is 0 Å². The number of hydrogen-bond donors (Lipinski definition) is 3. The Labute approximate surface area is 137 Å². The number of carbonyl (C=O) groups is 1. The standard InChI is InChI=1S/C9H20O4.C7H10O3/c1-7(11)5-12-9(3)6-13-8(2)4-10;8-7(9)4-1-2-5-6(3-4)10-5/h7-11H,4-6H2,1-3H3;4-6H,1-3H2,(H,8,9). The zero-order chi connectivity index (χ0) is 17.4. The molecule has 0 spiro atoms. The summed E-state index contributed by atoms with van der Waals surface area (Å²) < 4.78 is 15.7. The molecule has 0 bridgehead atoms. The van der Waals surface area contributed by atoms with Gasteiger partial charge in [-0.25, -0.2) is 0 Å². The van der Waals surface area contributed by atoms with Crippen molar-refractivity contribution in [2.24, 2.45) is 5.92 Å². The van der Waals surface area contributed by atoms with Gasteiger partial charge in [0.2, 0.25) is 0 Å². The lowest BCUT2D eigenvalue weighted by Crippen LogP contribution is -2.24. The van der Waals surface area contributed by atoms with Crippen LogP contribution in [0, 0.1) is 5.92 Å². The first-order valence-corrected chi connectivity index (χ1v) is 8.23. The minimum atomic E-state index is -0.658. The SMILES string of the molecule is CC(O)COC(C)COC(C)CO.O=C(O)C1CCC2OC2C1. The van der Waals surface area contributed by atoms with E-state index in [1.165, 1.54) is 0 Å². The maximum atomic E-state index is 10.5. The lowest BCUT2D eigenvalue weighted by atomic mass is 9.90. The highest BCUT2D eigenvalue weighted by molar-refractivity contribution is 5.70. The van der Waals surface area contributed by atoms with Crippen LogP contribution in [0.5, 0.6) is 0 Å².